The third kappa shape index (κ3) is 3.13. The maximum Gasteiger partial charge on any atom is 0.122 e. The summed E-state index contributed by atoms with van der Waals surface area (Å²) in [6.45, 7) is 1.15. The molecule has 2 rings (SSSR count). The third-order valence-corrected chi connectivity index (χ3v) is 3.41. The van der Waals surface area contributed by atoms with Crippen molar-refractivity contribution in [3.8, 4) is 6.07 Å². The summed E-state index contributed by atoms with van der Waals surface area (Å²) in [4.78, 5) is 0. The van der Waals surface area contributed by atoms with Crippen molar-refractivity contribution < 1.29 is 4.74 Å². The molecule has 0 saturated carbocycles. The minimum Gasteiger partial charge on any atom is -0.397 e. The van der Waals surface area contributed by atoms with E-state index in [1.54, 1.807) is 13.2 Å². The van der Waals surface area contributed by atoms with Crippen molar-refractivity contribution in [1.29, 1.82) is 5.26 Å². The quantitative estimate of drug-likeness (QED) is 0.920. The number of rotatable bonds is 5. The molecule has 2 aromatic rings. The molecule has 0 aliphatic rings. The Morgan fingerprint density at radius 3 is 2.65 bits per heavy atom. The predicted octanol–water partition coefficient (Wildman–Crippen LogP) is 2.83. The number of nitrogen functional groups attached to an aromatic ring is 1. The van der Waals surface area contributed by atoms with Crippen LogP contribution in [0, 0.1) is 11.3 Å². The molecule has 0 bridgehead atoms. The summed E-state index contributed by atoms with van der Waals surface area (Å²) in [6.07, 6.45) is 0.661. The number of benzene rings is 1. The molecule has 0 unspecified atom stereocenters. The second kappa shape index (κ2) is 6.47. The van der Waals surface area contributed by atoms with Crippen molar-refractivity contribution in [2.75, 3.05) is 19.5 Å². The molecule has 4 nitrogen and oxygen atoms in total. The number of nitrogens with two attached hydrogens (primary N) is 1. The highest BCUT2D eigenvalue weighted by Gasteiger charge is 2.13. The predicted molar refractivity (Wildman–Crippen MR) is 79.7 cm³/mol. The van der Waals surface area contributed by atoms with Crippen molar-refractivity contribution in [1.82, 2.24) is 4.57 Å². The van der Waals surface area contributed by atoms with Gasteiger partial charge in [0, 0.05) is 30.8 Å². The molecule has 1 aromatic heterocycles. The number of ether oxygens (including phenoxy) is 1. The molecule has 1 heterocycles. The Morgan fingerprint density at radius 1 is 1.35 bits per heavy atom. The van der Waals surface area contributed by atoms with E-state index in [1.165, 1.54) is 0 Å². The Hall–Kier alpha value is -1.96. The van der Waals surface area contributed by atoms with Crippen LogP contribution in [0.5, 0.6) is 0 Å². The fourth-order valence-electron chi connectivity index (χ4n) is 2.13. The lowest BCUT2D eigenvalue weighted by molar-refractivity contribution is 0.186. The van der Waals surface area contributed by atoms with Gasteiger partial charge in [0.05, 0.1) is 12.3 Å². The van der Waals surface area contributed by atoms with Gasteiger partial charge in [0.25, 0.3) is 0 Å². The van der Waals surface area contributed by atoms with Gasteiger partial charge in [-0.2, -0.15) is 5.26 Å². The Labute approximate surface area is 123 Å². The lowest BCUT2D eigenvalue weighted by Gasteiger charge is -2.11. The number of hydrogen-bond acceptors (Lipinski definition) is 3. The van der Waals surface area contributed by atoms with Crippen LogP contribution in [0.15, 0.2) is 30.3 Å². The summed E-state index contributed by atoms with van der Waals surface area (Å²) in [5.74, 6) is 0. The van der Waals surface area contributed by atoms with Crippen LogP contribution in [0.1, 0.15) is 17.0 Å². The minimum absolute atomic E-state index is 0.538. The average molecular weight is 290 g/mol. The highest BCUT2D eigenvalue weighted by Crippen LogP contribution is 2.22. The molecule has 1 aromatic carbocycles. The Kier molecular flexibility index (Phi) is 4.67. The maximum absolute atomic E-state index is 9.17. The van der Waals surface area contributed by atoms with E-state index in [0.29, 0.717) is 36.0 Å². The second-order valence-electron chi connectivity index (χ2n) is 4.49. The van der Waals surface area contributed by atoms with E-state index in [1.807, 2.05) is 28.8 Å². The monoisotopic (exact) mass is 289 g/mol. The molecule has 5 heteroatoms. The van der Waals surface area contributed by atoms with Gasteiger partial charge in [-0.25, -0.2) is 0 Å². The SMILES string of the molecule is COCCn1c(C#N)cc(N)c1Cc1ccc(Cl)cc1. The van der Waals surface area contributed by atoms with E-state index in [4.69, 9.17) is 22.1 Å². The topological polar surface area (TPSA) is 64.0 Å². The lowest BCUT2D eigenvalue weighted by atomic mass is 10.1. The van der Waals surface area contributed by atoms with Crippen LogP contribution >= 0.6 is 11.6 Å². The van der Waals surface area contributed by atoms with E-state index in [0.717, 1.165) is 11.3 Å². The van der Waals surface area contributed by atoms with E-state index in [2.05, 4.69) is 6.07 Å². The van der Waals surface area contributed by atoms with Crippen LogP contribution in [-0.2, 0) is 17.7 Å². The summed E-state index contributed by atoms with van der Waals surface area (Å²) in [7, 11) is 1.64. The Morgan fingerprint density at radius 2 is 2.05 bits per heavy atom. The van der Waals surface area contributed by atoms with Gasteiger partial charge in [-0.05, 0) is 23.8 Å². The summed E-state index contributed by atoms with van der Waals surface area (Å²) >= 11 is 5.88. The minimum atomic E-state index is 0.538. The average Bonchev–Trinajstić information content (AvgIpc) is 2.75. The molecule has 0 aliphatic carbocycles. The first-order valence-electron chi connectivity index (χ1n) is 6.27. The lowest BCUT2D eigenvalue weighted by Crippen LogP contribution is -2.11. The van der Waals surface area contributed by atoms with Crippen LogP contribution in [0.4, 0.5) is 5.69 Å². The normalized spacial score (nSPS) is 10.4. The van der Waals surface area contributed by atoms with Crippen molar-refractivity contribution in [2.24, 2.45) is 0 Å². The van der Waals surface area contributed by atoms with Gasteiger partial charge in [-0.3, -0.25) is 0 Å². The molecule has 0 fully saturated rings. The van der Waals surface area contributed by atoms with Gasteiger partial charge in [-0.1, -0.05) is 23.7 Å². The number of nitrogens with zero attached hydrogens (tertiary/aromatic N) is 2. The largest absolute Gasteiger partial charge is 0.397 e. The molecule has 2 N–H and O–H groups in total. The number of aromatic nitrogens is 1. The van der Waals surface area contributed by atoms with Gasteiger partial charge in [-0.15, -0.1) is 0 Å². The highest BCUT2D eigenvalue weighted by atomic mass is 35.5. The van der Waals surface area contributed by atoms with Crippen LogP contribution in [0.2, 0.25) is 5.02 Å². The van der Waals surface area contributed by atoms with Crippen LogP contribution in [-0.4, -0.2) is 18.3 Å². The van der Waals surface area contributed by atoms with Crippen molar-refractivity contribution in [3.63, 3.8) is 0 Å². The summed E-state index contributed by atoms with van der Waals surface area (Å²) < 4.78 is 7.00. The smallest absolute Gasteiger partial charge is 0.122 e. The number of halogens is 1. The van der Waals surface area contributed by atoms with Gasteiger partial charge in [0.1, 0.15) is 11.8 Å². The first-order chi connectivity index (χ1) is 9.65. The second-order valence-corrected chi connectivity index (χ2v) is 4.93. The molecule has 0 saturated heterocycles. The van der Waals surface area contributed by atoms with Gasteiger partial charge < -0.3 is 15.0 Å². The number of anilines is 1. The number of hydrogen-bond donors (Lipinski definition) is 1. The fourth-order valence-corrected chi connectivity index (χ4v) is 2.26. The zero-order valence-corrected chi connectivity index (χ0v) is 12.0. The molecule has 0 radical (unpaired) electrons. The first kappa shape index (κ1) is 14.4. The van der Waals surface area contributed by atoms with Gasteiger partial charge >= 0.3 is 0 Å². The van der Waals surface area contributed by atoms with Crippen molar-refractivity contribution >= 4 is 17.3 Å². The summed E-state index contributed by atoms with van der Waals surface area (Å²) in [6, 6.07) is 11.5. The Bertz CT molecular complexity index is 626. The van der Waals surface area contributed by atoms with E-state index >= 15 is 0 Å². The summed E-state index contributed by atoms with van der Waals surface area (Å²) in [5, 5.41) is 9.88. The molecule has 104 valence electrons. The molecular weight excluding hydrogens is 274 g/mol. The summed E-state index contributed by atoms with van der Waals surface area (Å²) in [5.41, 5.74) is 9.25. The fraction of sp³-hybridized carbons (Fsp3) is 0.267. The zero-order valence-electron chi connectivity index (χ0n) is 11.3. The van der Waals surface area contributed by atoms with Crippen molar-refractivity contribution in [3.05, 3.63) is 52.3 Å². The van der Waals surface area contributed by atoms with Gasteiger partial charge in [0.15, 0.2) is 0 Å². The van der Waals surface area contributed by atoms with Gasteiger partial charge in [0.2, 0.25) is 0 Å². The number of nitriles is 1. The molecule has 0 amide bonds. The standard InChI is InChI=1S/C15H16ClN3O/c1-20-7-6-19-13(10-17)9-14(18)15(19)8-11-2-4-12(16)5-3-11/h2-5,9H,6-8,18H2,1H3. The third-order valence-electron chi connectivity index (χ3n) is 3.16. The van der Waals surface area contributed by atoms with E-state index in [9.17, 15) is 5.26 Å². The molecule has 0 aliphatic heterocycles. The molecule has 0 atom stereocenters. The Balaban J connectivity index is 2.32. The van der Waals surface area contributed by atoms with Crippen LogP contribution in [0.25, 0.3) is 0 Å². The first-order valence-corrected chi connectivity index (χ1v) is 6.65. The highest BCUT2D eigenvalue weighted by molar-refractivity contribution is 6.30. The molecule has 0 spiro atoms. The molecule has 20 heavy (non-hydrogen) atoms. The number of methoxy groups -OCH3 is 1. The molecular formula is C15H16ClN3O. The van der Waals surface area contributed by atoms with E-state index < -0.39 is 0 Å². The zero-order chi connectivity index (χ0) is 14.5. The van der Waals surface area contributed by atoms with E-state index in [-0.39, 0.29) is 0 Å². The maximum atomic E-state index is 9.17. The van der Waals surface area contributed by atoms with Crippen LogP contribution < -0.4 is 5.73 Å². The van der Waals surface area contributed by atoms with Crippen LogP contribution in [0.3, 0.4) is 0 Å². The van der Waals surface area contributed by atoms with Crippen molar-refractivity contribution in [2.45, 2.75) is 13.0 Å².